The quantitative estimate of drug-likeness (QED) is 0.762. The summed E-state index contributed by atoms with van der Waals surface area (Å²) in [7, 11) is 0. The second kappa shape index (κ2) is 9.15. The number of hydrogen-bond donors (Lipinski definition) is 2. The van der Waals surface area contributed by atoms with Gasteiger partial charge in [0, 0.05) is 34.9 Å². The fraction of sp³-hybridized carbons (Fsp3) is 0.333. The smallest absolute Gasteiger partial charge is 0.251 e. The summed E-state index contributed by atoms with van der Waals surface area (Å²) in [4.78, 5) is 26.7. The molecule has 2 amide bonds. The number of carbonyl (C=O) groups excluding carboxylic acids is 2. The number of benzene rings is 2. The van der Waals surface area contributed by atoms with Gasteiger partial charge >= 0.3 is 0 Å². The third-order valence-corrected chi connectivity index (χ3v) is 5.28. The highest BCUT2D eigenvalue weighted by molar-refractivity contribution is 9.10. The van der Waals surface area contributed by atoms with E-state index in [1.165, 1.54) is 0 Å². The van der Waals surface area contributed by atoms with Crippen LogP contribution in [-0.4, -0.2) is 42.4 Å². The van der Waals surface area contributed by atoms with Gasteiger partial charge in [-0.05, 0) is 55.7 Å². The van der Waals surface area contributed by atoms with E-state index in [4.69, 9.17) is 0 Å². The Morgan fingerprint density at radius 3 is 2.48 bits per heavy atom. The van der Waals surface area contributed by atoms with E-state index in [1.54, 1.807) is 0 Å². The van der Waals surface area contributed by atoms with Crippen LogP contribution in [-0.2, 0) is 4.79 Å². The summed E-state index contributed by atoms with van der Waals surface area (Å²) in [5, 5.41) is 6.07. The third kappa shape index (κ3) is 5.65. The van der Waals surface area contributed by atoms with Gasteiger partial charge in [0.1, 0.15) is 0 Å². The van der Waals surface area contributed by atoms with Crippen LogP contribution in [0.1, 0.15) is 28.8 Å². The van der Waals surface area contributed by atoms with Crippen LogP contribution >= 0.6 is 15.9 Å². The Morgan fingerprint density at radius 1 is 1.11 bits per heavy atom. The molecule has 1 aliphatic rings. The van der Waals surface area contributed by atoms with E-state index in [0.29, 0.717) is 12.1 Å². The van der Waals surface area contributed by atoms with Crippen molar-refractivity contribution in [1.29, 1.82) is 0 Å². The van der Waals surface area contributed by atoms with Gasteiger partial charge in [0.25, 0.3) is 5.91 Å². The number of aryl methyl sites for hydroxylation is 1. The Balaban J connectivity index is 1.44. The molecule has 142 valence electrons. The second-order valence-electron chi connectivity index (χ2n) is 6.90. The summed E-state index contributed by atoms with van der Waals surface area (Å²) in [6, 6.07) is 15.2. The molecule has 2 N–H and O–H groups in total. The van der Waals surface area contributed by atoms with E-state index < -0.39 is 0 Å². The predicted octanol–water partition coefficient (Wildman–Crippen LogP) is 3.59. The summed E-state index contributed by atoms with van der Waals surface area (Å²) in [5.41, 5.74) is 2.55. The molecule has 3 rings (SSSR count). The summed E-state index contributed by atoms with van der Waals surface area (Å²) in [6.45, 7) is 3.94. The Labute approximate surface area is 168 Å². The third-order valence-electron chi connectivity index (χ3n) is 4.79. The summed E-state index contributed by atoms with van der Waals surface area (Å²) >= 11 is 3.43. The topological polar surface area (TPSA) is 61.4 Å². The van der Waals surface area contributed by atoms with Crippen LogP contribution in [0.5, 0.6) is 0 Å². The molecule has 0 bridgehead atoms. The lowest BCUT2D eigenvalue weighted by Crippen LogP contribution is -2.46. The number of carbonyl (C=O) groups is 2. The van der Waals surface area contributed by atoms with Crippen LogP contribution < -0.4 is 10.6 Å². The van der Waals surface area contributed by atoms with E-state index in [9.17, 15) is 9.59 Å². The van der Waals surface area contributed by atoms with Crippen molar-refractivity contribution in [2.24, 2.45) is 0 Å². The minimum Gasteiger partial charge on any atom is -0.349 e. The van der Waals surface area contributed by atoms with Gasteiger partial charge in [-0.25, -0.2) is 0 Å². The van der Waals surface area contributed by atoms with Crippen molar-refractivity contribution in [3.05, 3.63) is 64.1 Å². The Kier molecular flexibility index (Phi) is 6.63. The molecule has 6 heteroatoms. The second-order valence-corrected chi connectivity index (χ2v) is 7.81. The fourth-order valence-corrected chi connectivity index (χ4v) is 3.73. The van der Waals surface area contributed by atoms with Gasteiger partial charge in [0.05, 0.1) is 6.54 Å². The van der Waals surface area contributed by atoms with Crippen molar-refractivity contribution in [2.45, 2.75) is 25.8 Å². The van der Waals surface area contributed by atoms with Crippen molar-refractivity contribution >= 4 is 33.4 Å². The minimum atomic E-state index is -0.0301. The normalized spacial score (nSPS) is 15.3. The van der Waals surface area contributed by atoms with Gasteiger partial charge < -0.3 is 10.6 Å². The largest absolute Gasteiger partial charge is 0.349 e. The van der Waals surface area contributed by atoms with Crippen molar-refractivity contribution in [2.75, 3.05) is 25.0 Å². The first kappa shape index (κ1) is 19.6. The molecule has 27 heavy (non-hydrogen) atoms. The molecule has 2 aromatic carbocycles. The lowest BCUT2D eigenvalue weighted by Gasteiger charge is -2.31. The van der Waals surface area contributed by atoms with Crippen LogP contribution in [0.3, 0.4) is 0 Å². The average molecular weight is 430 g/mol. The van der Waals surface area contributed by atoms with Crippen molar-refractivity contribution in [1.82, 2.24) is 10.2 Å². The molecule has 0 spiro atoms. The Morgan fingerprint density at radius 2 is 1.81 bits per heavy atom. The maximum atomic E-state index is 12.3. The molecule has 5 nitrogen and oxygen atoms in total. The highest BCUT2D eigenvalue weighted by Crippen LogP contribution is 2.20. The first-order valence-corrected chi connectivity index (χ1v) is 9.95. The fourth-order valence-electron chi connectivity index (χ4n) is 3.25. The molecule has 1 saturated heterocycles. The highest BCUT2D eigenvalue weighted by Gasteiger charge is 2.22. The predicted molar refractivity (Wildman–Crippen MR) is 111 cm³/mol. The average Bonchev–Trinajstić information content (AvgIpc) is 2.66. The molecule has 0 unspecified atom stereocenters. The number of likely N-dealkylation sites (tertiary alicyclic amines) is 1. The lowest BCUT2D eigenvalue weighted by molar-refractivity contribution is -0.117. The van der Waals surface area contributed by atoms with Gasteiger partial charge in [-0.2, -0.15) is 0 Å². The van der Waals surface area contributed by atoms with Gasteiger partial charge in [0.2, 0.25) is 5.91 Å². The number of halogens is 1. The molecule has 0 aliphatic carbocycles. The standard InChI is InChI=1S/C21H24BrN3O2/c1-15-13-17(22)7-8-19(15)24-20(26)14-25-11-9-18(10-12-25)23-21(27)16-5-3-2-4-6-16/h2-8,13,18H,9-12,14H2,1H3,(H,23,27)(H,24,26). The van der Waals surface area contributed by atoms with Gasteiger partial charge in [-0.1, -0.05) is 34.1 Å². The molecule has 1 heterocycles. The monoisotopic (exact) mass is 429 g/mol. The van der Waals surface area contributed by atoms with E-state index in [0.717, 1.165) is 41.7 Å². The van der Waals surface area contributed by atoms with Crippen molar-refractivity contribution < 1.29 is 9.59 Å². The van der Waals surface area contributed by atoms with E-state index in [-0.39, 0.29) is 17.9 Å². The zero-order valence-corrected chi connectivity index (χ0v) is 17.0. The lowest BCUT2D eigenvalue weighted by atomic mass is 10.0. The number of nitrogens with one attached hydrogen (secondary N) is 2. The van der Waals surface area contributed by atoms with E-state index >= 15 is 0 Å². The number of amides is 2. The van der Waals surface area contributed by atoms with E-state index in [1.807, 2.05) is 55.5 Å². The van der Waals surface area contributed by atoms with Gasteiger partial charge in [-0.3, -0.25) is 14.5 Å². The number of rotatable bonds is 5. The first-order chi connectivity index (χ1) is 13.0. The number of nitrogens with zero attached hydrogens (tertiary/aromatic N) is 1. The molecule has 0 radical (unpaired) electrons. The molecule has 0 saturated carbocycles. The first-order valence-electron chi connectivity index (χ1n) is 9.15. The highest BCUT2D eigenvalue weighted by atomic mass is 79.9. The maximum Gasteiger partial charge on any atom is 0.251 e. The molecule has 0 atom stereocenters. The Hall–Kier alpha value is -2.18. The zero-order chi connectivity index (χ0) is 19.2. The van der Waals surface area contributed by atoms with Gasteiger partial charge in [0.15, 0.2) is 0 Å². The van der Waals surface area contributed by atoms with E-state index in [2.05, 4.69) is 31.5 Å². The van der Waals surface area contributed by atoms with Gasteiger partial charge in [-0.15, -0.1) is 0 Å². The maximum absolute atomic E-state index is 12.3. The molecule has 2 aromatic rings. The summed E-state index contributed by atoms with van der Waals surface area (Å²) < 4.78 is 0.998. The summed E-state index contributed by atoms with van der Waals surface area (Å²) in [5.74, 6) is -0.0373. The van der Waals surface area contributed by atoms with Crippen molar-refractivity contribution in [3.63, 3.8) is 0 Å². The molecule has 1 fully saturated rings. The van der Waals surface area contributed by atoms with Crippen LogP contribution in [0.25, 0.3) is 0 Å². The SMILES string of the molecule is Cc1cc(Br)ccc1NC(=O)CN1CCC(NC(=O)c2ccccc2)CC1. The zero-order valence-electron chi connectivity index (χ0n) is 15.4. The van der Waals surface area contributed by atoms with Crippen LogP contribution in [0, 0.1) is 6.92 Å². The molecular weight excluding hydrogens is 406 g/mol. The van der Waals surface area contributed by atoms with Crippen LogP contribution in [0.4, 0.5) is 5.69 Å². The summed E-state index contributed by atoms with van der Waals surface area (Å²) in [6.07, 6.45) is 1.70. The number of anilines is 1. The van der Waals surface area contributed by atoms with Crippen LogP contribution in [0.15, 0.2) is 53.0 Å². The molecule has 0 aromatic heterocycles. The van der Waals surface area contributed by atoms with Crippen molar-refractivity contribution in [3.8, 4) is 0 Å². The molecule has 1 aliphatic heterocycles. The number of hydrogen-bond acceptors (Lipinski definition) is 3. The minimum absolute atomic E-state index is 0.00723. The molecular formula is C21H24BrN3O2. The Bertz CT molecular complexity index is 802. The number of piperidine rings is 1. The van der Waals surface area contributed by atoms with Crippen LogP contribution in [0.2, 0.25) is 0 Å².